The summed E-state index contributed by atoms with van der Waals surface area (Å²) in [6.45, 7) is 7.52. The third kappa shape index (κ3) is 2.38. The first-order valence-electron chi connectivity index (χ1n) is 7.40. The number of aromatic nitrogens is 2. The van der Waals surface area contributed by atoms with Gasteiger partial charge in [0.05, 0.1) is 11.2 Å². The lowest BCUT2D eigenvalue weighted by atomic mass is 10.1. The summed E-state index contributed by atoms with van der Waals surface area (Å²) in [6.07, 6.45) is 6.14. The molecule has 0 saturated carbocycles. The minimum atomic E-state index is 0.966. The molecule has 0 atom stereocenters. The predicted molar refractivity (Wildman–Crippen MR) is 90.3 cm³/mol. The van der Waals surface area contributed by atoms with Gasteiger partial charge < -0.3 is 4.57 Å². The van der Waals surface area contributed by atoms with E-state index in [1.54, 1.807) is 0 Å². The van der Waals surface area contributed by atoms with Crippen LogP contribution in [0.3, 0.4) is 0 Å². The van der Waals surface area contributed by atoms with Crippen LogP contribution in [0.25, 0.3) is 23.1 Å². The summed E-state index contributed by atoms with van der Waals surface area (Å²) in [5.74, 6) is 0. The van der Waals surface area contributed by atoms with Crippen molar-refractivity contribution in [2.75, 3.05) is 0 Å². The number of fused-ring (bicyclic) bond motifs is 1. The lowest BCUT2D eigenvalue weighted by molar-refractivity contribution is 0.764. The summed E-state index contributed by atoms with van der Waals surface area (Å²) in [4.78, 5) is 4.58. The van der Waals surface area contributed by atoms with Gasteiger partial charge in [-0.05, 0) is 44.0 Å². The van der Waals surface area contributed by atoms with Crippen molar-refractivity contribution in [2.24, 2.45) is 0 Å². The predicted octanol–water partition coefficient (Wildman–Crippen LogP) is 4.84. The first-order valence-corrected chi connectivity index (χ1v) is 7.40. The van der Waals surface area contributed by atoms with Crippen molar-refractivity contribution in [3.8, 4) is 0 Å². The first kappa shape index (κ1) is 13.6. The highest BCUT2D eigenvalue weighted by Gasteiger charge is 2.12. The zero-order valence-electron chi connectivity index (χ0n) is 12.8. The van der Waals surface area contributed by atoms with Crippen LogP contribution in [0.2, 0.25) is 0 Å². The van der Waals surface area contributed by atoms with Crippen LogP contribution in [0, 0.1) is 13.8 Å². The van der Waals surface area contributed by atoms with Crippen molar-refractivity contribution in [3.63, 3.8) is 0 Å². The second-order valence-electron chi connectivity index (χ2n) is 5.29. The number of pyridine rings is 1. The van der Waals surface area contributed by atoms with E-state index in [0.29, 0.717) is 0 Å². The highest BCUT2D eigenvalue weighted by atomic mass is 15.0. The van der Waals surface area contributed by atoms with Gasteiger partial charge >= 0.3 is 0 Å². The van der Waals surface area contributed by atoms with Crippen molar-refractivity contribution < 1.29 is 0 Å². The molecule has 3 rings (SSSR count). The van der Waals surface area contributed by atoms with Crippen LogP contribution in [0.1, 0.15) is 29.4 Å². The monoisotopic (exact) mass is 276 g/mol. The van der Waals surface area contributed by atoms with Gasteiger partial charge in [0.2, 0.25) is 0 Å². The lowest BCUT2D eigenvalue weighted by Gasteiger charge is -2.06. The van der Waals surface area contributed by atoms with Crippen LogP contribution >= 0.6 is 0 Å². The van der Waals surface area contributed by atoms with Gasteiger partial charge in [-0.3, -0.25) is 4.98 Å². The molecule has 21 heavy (non-hydrogen) atoms. The van der Waals surface area contributed by atoms with E-state index in [-0.39, 0.29) is 0 Å². The Labute approximate surface area is 125 Å². The quantitative estimate of drug-likeness (QED) is 0.669. The minimum Gasteiger partial charge on any atom is -0.343 e. The summed E-state index contributed by atoms with van der Waals surface area (Å²) in [6, 6.07) is 12.5. The van der Waals surface area contributed by atoms with E-state index in [2.05, 4.69) is 72.8 Å². The van der Waals surface area contributed by atoms with Crippen LogP contribution in [-0.4, -0.2) is 9.55 Å². The largest absolute Gasteiger partial charge is 0.343 e. The average molecular weight is 276 g/mol. The van der Waals surface area contributed by atoms with Gasteiger partial charge in [-0.25, -0.2) is 0 Å². The Bertz CT molecular complexity index is 795. The fourth-order valence-electron chi connectivity index (χ4n) is 2.88. The molecule has 0 N–H and O–H groups in total. The van der Waals surface area contributed by atoms with Crippen molar-refractivity contribution in [3.05, 3.63) is 65.1 Å². The summed E-state index contributed by atoms with van der Waals surface area (Å²) < 4.78 is 2.35. The number of nitrogens with zero attached hydrogens (tertiary/aromatic N) is 2. The molecular formula is C19H20N2. The molecule has 0 unspecified atom stereocenters. The maximum atomic E-state index is 4.58. The first-order chi connectivity index (χ1) is 10.2. The van der Waals surface area contributed by atoms with Gasteiger partial charge in [0.25, 0.3) is 0 Å². The van der Waals surface area contributed by atoms with Crippen LogP contribution in [0.15, 0.2) is 42.6 Å². The second kappa shape index (κ2) is 5.57. The van der Waals surface area contributed by atoms with E-state index in [9.17, 15) is 0 Å². The molecule has 2 heteroatoms. The van der Waals surface area contributed by atoms with Gasteiger partial charge in [-0.1, -0.05) is 36.4 Å². The zero-order valence-corrected chi connectivity index (χ0v) is 12.8. The molecule has 2 aromatic heterocycles. The van der Waals surface area contributed by atoms with Crippen LogP contribution < -0.4 is 0 Å². The van der Waals surface area contributed by atoms with Gasteiger partial charge in [-0.15, -0.1) is 0 Å². The summed E-state index contributed by atoms with van der Waals surface area (Å²) >= 11 is 0. The molecule has 0 radical (unpaired) electrons. The van der Waals surface area contributed by atoms with E-state index >= 15 is 0 Å². The van der Waals surface area contributed by atoms with Crippen molar-refractivity contribution in [2.45, 2.75) is 27.3 Å². The Morgan fingerprint density at radius 1 is 1.05 bits per heavy atom. The Morgan fingerprint density at radius 3 is 2.52 bits per heavy atom. The summed E-state index contributed by atoms with van der Waals surface area (Å²) in [5.41, 5.74) is 6.15. The van der Waals surface area contributed by atoms with E-state index in [1.165, 1.54) is 27.7 Å². The van der Waals surface area contributed by atoms with Crippen LogP contribution in [-0.2, 0) is 6.54 Å². The maximum absolute atomic E-state index is 4.58. The molecule has 0 fully saturated rings. The number of aryl methyl sites for hydroxylation is 2. The third-order valence-electron chi connectivity index (χ3n) is 4.12. The van der Waals surface area contributed by atoms with Crippen molar-refractivity contribution >= 4 is 23.1 Å². The second-order valence-corrected chi connectivity index (χ2v) is 5.29. The van der Waals surface area contributed by atoms with Gasteiger partial charge in [0.15, 0.2) is 0 Å². The van der Waals surface area contributed by atoms with E-state index in [1.807, 2.05) is 12.3 Å². The molecule has 2 heterocycles. The fourth-order valence-corrected chi connectivity index (χ4v) is 2.88. The Hall–Kier alpha value is -2.35. The molecule has 0 aliphatic rings. The SMILES string of the molecule is CCn1c(C)c(C)c2ccnc(C=Cc3ccccc3)c21. The number of hydrogen-bond donors (Lipinski definition) is 0. The fraction of sp³-hybridized carbons (Fsp3) is 0.211. The molecule has 3 aromatic rings. The molecule has 1 aromatic carbocycles. The van der Waals surface area contributed by atoms with E-state index in [0.717, 1.165) is 12.2 Å². The molecule has 106 valence electrons. The number of rotatable bonds is 3. The summed E-state index contributed by atoms with van der Waals surface area (Å²) in [5, 5.41) is 1.30. The van der Waals surface area contributed by atoms with Gasteiger partial charge in [0.1, 0.15) is 0 Å². The third-order valence-corrected chi connectivity index (χ3v) is 4.12. The van der Waals surface area contributed by atoms with Gasteiger partial charge in [-0.2, -0.15) is 0 Å². The Morgan fingerprint density at radius 2 is 1.81 bits per heavy atom. The van der Waals surface area contributed by atoms with E-state index < -0.39 is 0 Å². The Kier molecular flexibility index (Phi) is 3.61. The summed E-state index contributed by atoms with van der Waals surface area (Å²) in [7, 11) is 0. The molecule has 2 nitrogen and oxygen atoms in total. The molecule has 0 aliphatic heterocycles. The average Bonchev–Trinajstić information content (AvgIpc) is 2.78. The number of benzene rings is 1. The highest BCUT2D eigenvalue weighted by molar-refractivity contribution is 5.92. The van der Waals surface area contributed by atoms with Crippen LogP contribution in [0.4, 0.5) is 0 Å². The smallest absolute Gasteiger partial charge is 0.0872 e. The maximum Gasteiger partial charge on any atom is 0.0872 e. The topological polar surface area (TPSA) is 17.8 Å². The molecule has 0 aliphatic carbocycles. The van der Waals surface area contributed by atoms with Crippen molar-refractivity contribution in [1.29, 1.82) is 0 Å². The van der Waals surface area contributed by atoms with E-state index in [4.69, 9.17) is 0 Å². The minimum absolute atomic E-state index is 0.966. The standard InChI is InChI=1S/C19H20N2/c1-4-21-15(3)14(2)17-12-13-20-18(19(17)21)11-10-16-8-6-5-7-9-16/h5-13H,4H2,1-3H3. The highest BCUT2D eigenvalue weighted by Crippen LogP contribution is 2.27. The molecular weight excluding hydrogens is 256 g/mol. The molecule has 0 amide bonds. The molecule has 0 spiro atoms. The zero-order chi connectivity index (χ0) is 14.8. The molecule has 0 saturated heterocycles. The molecule has 0 bridgehead atoms. The van der Waals surface area contributed by atoms with Crippen LogP contribution in [0.5, 0.6) is 0 Å². The Balaban J connectivity index is 2.15. The van der Waals surface area contributed by atoms with Crippen molar-refractivity contribution in [1.82, 2.24) is 9.55 Å². The normalized spacial score (nSPS) is 11.6. The lowest BCUT2D eigenvalue weighted by Crippen LogP contribution is -1.98. The van der Waals surface area contributed by atoms with Gasteiger partial charge in [0, 0.05) is 23.8 Å². The number of hydrogen-bond acceptors (Lipinski definition) is 1.